The van der Waals surface area contributed by atoms with Crippen LogP contribution in [-0.4, -0.2) is 5.78 Å². The van der Waals surface area contributed by atoms with Crippen molar-refractivity contribution in [2.75, 3.05) is 0 Å². The SMILES string of the molecule is CCCCC(CCC)C1C=CCC1=O. The summed E-state index contributed by atoms with van der Waals surface area (Å²) >= 11 is 0. The average molecular weight is 194 g/mol. The lowest BCUT2D eigenvalue weighted by Gasteiger charge is -2.20. The fourth-order valence-electron chi connectivity index (χ4n) is 2.33. The van der Waals surface area contributed by atoms with Gasteiger partial charge in [-0.05, 0) is 18.8 Å². The zero-order chi connectivity index (χ0) is 10.4. The smallest absolute Gasteiger partial charge is 0.143 e. The molecule has 2 atom stereocenters. The maximum atomic E-state index is 11.6. The van der Waals surface area contributed by atoms with E-state index in [1.165, 1.54) is 32.1 Å². The lowest BCUT2D eigenvalue weighted by Crippen LogP contribution is -2.18. The summed E-state index contributed by atoms with van der Waals surface area (Å²) in [6, 6.07) is 0. The first-order valence-corrected chi connectivity index (χ1v) is 5.99. The third-order valence-electron chi connectivity index (χ3n) is 3.13. The molecular weight excluding hydrogens is 172 g/mol. The molecule has 1 heteroatoms. The van der Waals surface area contributed by atoms with Crippen LogP contribution in [0.4, 0.5) is 0 Å². The molecule has 0 amide bonds. The van der Waals surface area contributed by atoms with Crippen LogP contribution >= 0.6 is 0 Å². The fourth-order valence-corrected chi connectivity index (χ4v) is 2.33. The van der Waals surface area contributed by atoms with Crippen LogP contribution in [0.15, 0.2) is 12.2 Å². The normalized spacial score (nSPS) is 23.0. The first-order chi connectivity index (χ1) is 6.79. The zero-order valence-electron chi connectivity index (χ0n) is 9.46. The van der Waals surface area contributed by atoms with Crippen molar-refractivity contribution in [3.05, 3.63) is 12.2 Å². The number of rotatable bonds is 6. The summed E-state index contributed by atoms with van der Waals surface area (Å²) in [4.78, 5) is 11.6. The second-order valence-corrected chi connectivity index (χ2v) is 4.32. The van der Waals surface area contributed by atoms with Gasteiger partial charge in [-0.25, -0.2) is 0 Å². The lowest BCUT2D eigenvalue weighted by atomic mass is 9.84. The third-order valence-corrected chi connectivity index (χ3v) is 3.13. The second-order valence-electron chi connectivity index (χ2n) is 4.32. The molecule has 2 unspecified atom stereocenters. The maximum Gasteiger partial charge on any atom is 0.143 e. The number of hydrogen-bond donors (Lipinski definition) is 0. The molecule has 0 aromatic heterocycles. The Kier molecular flexibility index (Phi) is 4.92. The molecule has 0 bridgehead atoms. The number of unbranched alkanes of at least 4 members (excludes halogenated alkanes) is 1. The molecule has 0 N–H and O–H groups in total. The van der Waals surface area contributed by atoms with Crippen molar-refractivity contribution in [2.45, 2.75) is 52.4 Å². The highest BCUT2D eigenvalue weighted by atomic mass is 16.1. The molecule has 1 aliphatic carbocycles. The zero-order valence-corrected chi connectivity index (χ0v) is 9.46. The molecule has 1 nitrogen and oxygen atoms in total. The van der Waals surface area contributed by atoms with Gasteiger partial charge in [0.25, 0.3) is 0 Å². The number of allylic oxidation sites excluding steroid dienone is 2. The van der Waals surface area contributed by atoms with Crippen molar-refractivity contribution in [3.8, 4) is 0 Å². The van der Waals surface area contributed by atoms with Gasteiger partial charge in [-0.1, -0.05) is 45.3 Å². The Balaban J connectivity index is 2.47. The standard InChI is InChI=1S/C13H22O/c1-3-5-8-11(7-4-2)12-9-6-10-13(12)14/h6,9,11-12H,3-5,7-8,10H2,1-2H3. The number of ketones is 1. The van der Waals surface area contributed by atoms with Crippen molar-refractivity contribution in [2.24, 2.45) is 11.8 Å². The molecule has 0 aromatic rings. The largest absolute Gasteiger partial charge is 0.299 e. The van der Waals surface area contributed by atoms with E-state index in [1.807, 2.05) is 6.08 Å². The van der Waals surface area contributed by atoms with Gasteiger partial charge in [-0.15, -0.1) is 0 Å². The molecule has 0 aromatic carbocycles. The summed E-state index contributed by atoms with van der Waals surface area (Å²) in [5.74, 6) is 1.31. The number of hydrogen-bond acceptors (Lipinski definition) is 1. The number of Topliss-reactive ketones (excluding diaryl/α,β-unsaturated/α-hetero) is 1. The Morgan fingerprint density at radius 2 is 2.14 bits per heavy atom. The van der Waals surface area contributed by atoms with E-state index in [4.69, 9.17) is 0 Å². The molecule has 0 saturated carbocycles. The Hall–Kier alpha value is -0.590. The molecule has 0 spiro atoms. The van der Waals surface area contributed by atoms with Crippen LogP contribution in [0.3, 0.4) is 0 Å². The molecule has 0 saturated heterocycles. The molecule has 0 aliphatic heterocycles. The van der Waals surface area contributed by atoms with E-state index in [0.29, 0.717) is 18.1 Å². The Morgan fingerprint density at radius 1 is 1.36 bits per heavy atom. The van der Waals surface area contributed by atoms with Crippen LogP contribution in [0.25, 0.3) is 0 Å². The van der Waals surface area contributed by atoms with E-state index in [1.54, 1.807) is 0 Å². The maximum absolute atomic E-state index is 11.6. The molecule has 1 aliphatic rings. The predicted octanol–water partition coefficient (Wildman–Crippen LogP) is 3.74. The van der Waals surface area contributed by atoms with Crippen molar-refractivity contribution >= 4 is 5.78 Å². The molecule has 0 fully saturated rings. The molecule has 80 valence electrons. The summed E-state index contributed by atoms with van der Waals surface area (Å²) in [6.07, 6.45) is 11.0. The quantitative estimate of drug-likeness (QED) is 0.589. The van der Waals surface area contributed by atoms with Gasteiger partial charge in [-0.3, -0.25) is 4.79 Å². The van der Waals surface area contributed by atoms with Crippen molar-refractivity contribution < 1.29 is 4.79 Å². The van der Waals surface area contributed by atoms with Gasteiger partial charge in [0, 0.05) is 12.3 Å². The van der Waals surface area contributed by atoms with Crippen molar-refractivity contribution in [3.63, 3.8) is 0 Å². The van der Waals surface area contributed by atoms with Crippen LogP contribution in [0.5, 0.6) is 0 Å². The van der Waals surface area contributed by atoms with Crippen LogP contribution in [0, 0.1) is 11.8 Å². The summed E-state index contributed by atoms with van der Waals surface area (Å²) in [5, 5.41) is 0. The van der Waals surface area contributed by atoms with E-state index in [9.17, 15) is 4.79 Å². The topological polar surface area (TPSA) is 17.1 Å². The van der Waals surface area contributed by atoms with Crippen LogP contribution < -0.4 is 0 Å². The first-order valence-electron chi connectivity index (χ1n) is 5.99. The van der Waals surface area contributed by atoms with Crippen LogP contribution in [-0.2, 0) is 4.79 Å². The summed E-state index contributed by atoms with van der Waals surface area (Å²) < 4.78 is 0. The molecule has 0 radical (unpaired) electrons. The molecule has 0 heterocycles. The van der Waals surface area contributed by atoms with Gasteiger partial charge in [-0.2, -0.15) is 0 Å². The minimum absolute atomic E-state index is 0.251. The van der Waals surface area contributed by atoms with E-state index < -0.39 is 0 Å². The Bertz CT molecular complexity index is 205. The highest BCUT2D eigenvalue weighted by molar-refractivity contribution is 5.86. The van der Waals surface area contributed by atoms with Gasteiger partial charge in [0.2, 0.25) is 0 Å². The molecule has 14 heavy (non-hydrogen) atoms. The van der Waals surface area contributed by atoms with Crippen LogP contribution in [0.1, 0.15) is 52.4 Å². The van der Waals surface area contributed by atoms with Crippen LogP contribution in [0.2, 0.25) is 0 Å². The minimum Gasteiger partial charge on any atom is -0.299 e. The second kappa shape index (κ2) is 6.00. The van der Waals surface area contributed by atoms with E-state index >= 15 is 0 Å². The highest BCUT2D eigenvalue weighted by Crippen LogP contribution is 2.29. The third kappa shape index (κ3) is 2.97. The molecular formula is C13H22O. The van der Waals surface area contributed by atoms with E-state index in [2.05, 4.69) is 19.9 Å². The molecule has 1 rings (SSSR count). The monoisotopic (exact) mass is 194 g/mol. The minimum atomic E-state index is 0.251. The van der Waals surface area contributed by atoms with E-state index in [-0.39, 0.29) is 5.92 Å². The van der Waals surface area contributed by atoms with Crippen molar-refractivity contribution in [1.82, 2.24) is 0 Å². The summed E-state index contributed by atoms with van der Waals surface area (Å²) in [7, 11) is 0. The van der Waals surface area contributed by atoms with Crippen molar-refractivity contribution in [1.29, 1.82) is 0 Å². The number of carbonyl (C=O) groups is 1. The fraction of sp³-hybridized carbons (Fsp3) is 0.769. The van der Waals surface area contributed by atoms with E-state index in [0.717, 1.165) is 0 Å². The summed E-state index contributed by atoms with van der Waals surface area (Å²) in [5.41, 5.74) is 0. The Labute approximate surface area is 87.6 Å². The van der Waals surface area contributed by atoms with Gasteiger partial charge in [0.05, 0.1) is 0 Å². The first kappa shape index (κ1) is 11.5. The lowest BCUT2D eigenvalue weighted by molar-refractivity contribution is -0.121. The summed E-state index contributed by atoms with van der Waals surface area (Å²) in [6.45, 7) is 4.43. The van der Waals surface area contributed by atoms with Gasteiger partial charge >= 0.3 is 0 Å². The van der Waals surface area contributed by atoms with Gasteiger partial charge in [0.1, 0.15) is 5.78 Å². The number of carbonyl (C=O) groups excluding carboxylic acids is 1. The highest BCUT2D eigenvalue weighted by Gasteiger charge is 2.26. The van der Waals surface area contributed by atoms with Gasteiger partial charge < -0.3 is 0 Å². The van der Waals surface area contributed by atoms with Gasteiger partial charge in [0.15, 0.2) is 0 Å². The Morgan fingerprint density at radius 3 is 2.64 bits per heavy atom. The predicted molar refractivity (Wildman–Crippen MR) is 60.2 cm³/mol. The average Bonchev–Trinajstić information content (AvgIpc) is 2.59.